The molecule has 8 nitrogen and oxygen atoms in total. The highest BCUT2D eigenvalue weighted by Crippen LogP contribution is 2.54. The minimum absolute atomic E-state index is 0.0596. The molecule has 2 heterocycles. The van der Waals surface area contributed by atoms with Gasteiger partial charge < -0.3 is 21.3 Å². The molecule has 1 aromatic rings. The van der Waals surface area contributed by atoms with Crippen molar-refractivity contribution in [3.8, 4) is 0 Å². The highest BCUT2D eigenvalue weighted by atomic mass is 19.4. The van der Waals surface area contributed by atoms with Crippen LogP contribution in [-0.2, 0) is 15.0 Å². The molecule has 11 heteroatoms. The van der Waals surface area contributed by atoms with E-state index in [1.807, 2.05) is 36.4 Å². The molecule has 226 valence electrons. The lowest BCUT2D eigenvalue weighted by molar-refractivity contribution is -0.141. The number of likely N-dealkylation sites (tertiary alicyclic amines) is 1. The van der Waals surface area contributed by atoms with Gasteiger partial charge in [-0.25, -0.2) is 0 Å². The average Bonchev–Trinajstić information content (AvgIpc) is 3.49. The van der Waals surface area contributed by atoms with E-state index in [4.69, 9.17) is 5.73 Å². The van der Waals surface area contributed by atoms with Gasteiger partial charge in [-0.05, 0) is 66.8 Å². The second-order valence-corrected chi connectivity index (χ2v) is 11.9. The smallest absolute Gasteiger partial charge is 0.385 e. The first kappa shape index (κ1) is 30.0. The molecule has 1 aromatic carbocycles. The Bertz CT molecular complexity index is 1310. The number of piperidine rings is 1. The van der Waals surface area contributed by atoms with Crippen LogP contribution in [0.3, 0.4) is 0 Å². The van der Waals surface area contributed by atoms with Gasteiger partial charge in [0, 0.05) is 31.8 Å². The number of nitrogens with one attached hydrogen (secondary N) is 2. The van der Waals surface area contributed by atoms with Gasteiger partial charge >= 0.3 is 6.18 Å². The zero-order valence-corrected chi connectivity index (χ0v) is 23.9. The Morgan fingerprint density at radius 2 is 1.93 bits per heavy atom. The predicted molar refractivity (Wildman–Crippen MR) is 157 cm³/mol. The van der Waals surface area contributed by atoms with Crippen LogP contribution in [-0.4, -0.2) is 67.2 Å². The molecule has 2 amide bonds. The van der Waals surface area contributed by atoms with Gasteiger partial charge in [0.25, 0.3) is 0 Å². The summed E-state index contributed by atoms with van der Waals surface area (Å²) >= 11 is 0. The first-order chi connectivity index (χ1) is 20.1. The standard InChI is InChI=1S/C31H39F3N6O2/c1-20-7-6-10-25-27(20)23-8-2-3-9-24(23)30(25,29(42)36-19-31(32,33)34)13-4-5-14-40-15-11-22(12-16-40)38-26(41)17-21-18-37-39-28(21)35/h2-3,6,8-10,18,20-22H,4-5,7,11-17,19H2,1H3,(H2,35,39)(H,36,42)(H,38,41). The number of nitrogens with two attached hydrogens (primary N) is 1. The van der Waals surface area contributed by atoms with Crippen LogP contribution in [0.2, 0.25) is 0 Å². The Labute approximate surface area is 244 Å². The summed E-state index contributed by atoms with van der Waals surface area (Å²) in [7, 11) is 0. The quantitative estimate of drug-likeness (QED) is 0.360. The third-order valence-electron chi connectivity index (χ3n) is 8.96. The molecule has 0 aromatic heterocycles. The van der Waals surface area contributed by atoms with Crippen LogP contribution in [0.5, 0.6) is 0 Å². The predicted octanol–water partition coefficient (Wildman–Crippen LogP) is 4.08. The van der Waals surface area contributed by atoms with Crippen LogP contribution in [0.4, 0.5) is 13.2 Å². The summed E-state index contributed by atoms with van der Waals surface area (Å²) in [6, 6.07) is 7.79. The number of fused-ring (bicyclic) bond motifs is 2. The van der Waals surface area contributed by atoms with Crippen molar-refractivity contribution in [2.75, 3.05) is 26.2 Å². The van der Waals surface area contributed by atoms with Crippen molar-refractivity contribution in [3.63, 3.8) is 0 Å². The van der Waals surface area contributed by atoms with Crippen LogP contribution in [0.25, 0.3) is 5.57 Å². The lowest BCUT2D eigenvalue weighted by Gasteiger charge is -2.34. The Morgan fingerprint density at radius 3 is 2.64 bits per heavy atom. The van der Waals surface area contributed by atoms with Crippen LogP contribution in [0.15, 0.2) is 52.2 Å². The van der Waals surface area contributed by atoms with Crippen LogP contribution >= 0.6 is 0 Å². The van der Waals surface area contributed by atoms with E-state index < -0.39 is 24.0 Å². The van der Waals surface area contributed by atoms with Gasteiger partial charge in [-0.1, -0.05) is 49.8 Å². The number of amidine groups is 1. The van der Waals surface area contributed by atoms with E-state index in [1.54, 1.807) is 6.21 Å². The van der Waals surface area contributed by atoms with E-state index in [0.29, 0.717) is 18.7 Å². The zero-order valence-electron chi connectivity index (χ0n) is 23.9. The summed E-state index contributed by atoms with van der Waals surface area (Å²) in [6.07, 6.45) is 5.80. The van der Waals surface area contributed by atoms with E-state index in [-0.39, 0.29) is 30.2 Å². The molecule has 0 spiro atoms. The molecule has 4 aliphatic rings. The second-order valence-electron chi connectivity index (χ2n) is 11.9. The SMILES string of the molecule is CC1CC=CC2=C1c1ccccc1C2(CCCCN1CCC(NC(=O)CC2C=NN=C2N)CC1)C(=O)NCC(F)(F)F. The molecular weight excluding hydrogens is 545 g/mol. The number of hydrogen-bond donors (Lipinski definition) is 3. The van der Waals surface area contributed by atoms with Crippen molar-refractivity contribution in [1.82, 2.24) is 15.5 Å². The molecule has 1 fully saturated rings. The Morgan fingerprint density at radius 1 is 1.17 bits per heavy atom. The fraction of sp³-hybridized carbons (Fsp3) is 0.548. The van der Waals surface area contributed by atoms with Crippen molar-refractivity contribution >= 4 is 29.4 Å². The van der Waals surface area contributed by atoms with Crippen LogP contribution < -0.4 is 16.4 Å². The highest BCUT2D eigenvalue weighted by Gasteiger charge is 2.51. The number of carbonyl (C=O) groups excluding carboxylic acids is 2. The number of allylic oxidation sites excluding steroid dienone is 3. The van der Waals surface area contributed by atoms with Crippen molar-refractivity contribution < 1.29 is 22.8 Å². The Hall–Kier alpha value is -3.47. The molecule has 2 aliphatic heterocycles. The van der Waals surface area contributed by atoms with Gasteiger partial charge in [0.15, 0.2) is 0 Å². The van der Waals surface area contributed by atoms with Gasteiger partial charge in [0.1, 0.15) is 12.4 Å². The van der Waals surface area contributed by atoms with Gasteiger partial charge in [-0.3, -0.25) is 9.59 Å². The third-order valence-corrected chi connectivity index (χ3v) is 8.96. The fourth-order valence-corrected chi connectivity index (χ4v) is 6.84. The summed E-state index contributed by atoms with van der Waals surface area (Å²) in [5.41, 5.74) is 8.33. The van der Waals surface area contributed by atoms with E-state index in [1.165, 1.54) is 0 Å². The maximum Gasteiger partial charge on any atom is 0.405 e. The van der Waals surface area contributed by atoms with E-state index >= 15 is 0 Å². The Kier molecular flexibility index (Phi) is 8.86. The van der Waals surface area contributed by atoms with Crippen molar-refractivity contribution in [2.45, 2.75) is 69.5 Å². The summed E-state index contributed by atoms with van der Waals surface area (Å²) in [5.74, 6) is -0.334. The number of halogens is 3. The maximum atomic E-state index is 13.7. The third kappa shape index (κ3) is 6.30. The van der Waals surface area contributed by atoms with Crippen molar-refractivity contribution in [1.29, 1.82) is 0 Å². The van der Waals surface area contributed by atoms with Crippen molar-refractivity contribution in [2.24, 2.45) is 27.8 Å². The average molecular weight is 585 g/mol. The van der Waals surface area contributed by atoms with Crippen molar-refractivity contribution in [3.05, 3.63) is 53.1 Å². The number of carbonyl (C=O) groups is 2. The minimum Gasteiger partial charge on any atom is -0.385 e. The number of unbranched alkanes of at least 4 members (excludes halogenated alkanes) is 1. The molecule has 1 saturated heterocycles. The van der Waals surface area contributed by atoms with Gasteiger partial charge in [0.2, 0.25) is 11.8 Å². The highest BCUT2D eigenvalue weighted by molar-refractivity contribution is 6.02. The molecule has 3 atom stereocenters. The van der Waals surface area contributed by atoms with Gasteiger partial charge in [0.05, 0.1) is 11.3 Å². The summed E-state index contributed by atoms with van der Waals surface area (Å²) in [6.45, 7) is 3.27. The number of amides is 2. The monoisotopic (exact) mass is 584 g/mol. The minimum atomic E-state index is -4.49. The largest absolute Gasteiger partial charge is 0.405 e. The molecule has 5 rings (SSSR count). The van der Waals surface area contributed by atoms with Crippen LogP contribution in [0.1, 0.15) is 63.0 Å². The van der Waals surface area contributed by atoms with E-state index in [0.717, 1.165) is 67.6 Å². The second kappa shape index (κ2) is 12.4. The van der Waals surface area contributed by atoms with Crippen LogP contribution in [0, 0.1) is 11.8 Å². The molecule has 42 heavy (non-hydrogen) atoms. The summed E-state index contributed by atoms with van der Waals surface area (Å²) in [4.78, 5) is 28.5. The lowest BCUT2D eigenvalue weighted by atomic mass is 9.71. The summed E-state index contributed by atoms with van der Waals surface area (Å²) in [5, 5.41) is 12.8. The number of alkyl halides is 3. The lowest BCUT2D eigenvalue weighted by Crippen LogP contribution is -2.47. The molecule has 3 unspecified atom stereocenters. The number of rotatable bonds is 10. The first-order valence-electron chi connectivity index (χ1n) is 14.8. The van der Waals surface area contributed by atoms with Gasteiger partial charge in [-0.2, -0.15) is 18.3 Å². The Balaban J connectivity index is 1.19. The van der Waals surface area contributed by atoms with E-state index in [2.05, 4.69) is 32.7 Å². The molecule has 2 aliphatic carbocycles. The zero-order chi connectivity index (χ0) is 29.9. The van der Waals surface area contributed by atoms with E-state index in [9.17, 15) is 22.8 Å². The normalized spacial score (nSPS) is 25.8. The molecule has 0 saturated carbocycles. The summed E-state index contributed by atoms with van der Waals surface area (Å²) < 4.78 is 39.5. The molecule has 0 bridgehead atoms. The number of hydrogen-bond acceptors (Lipinski definition) is 6. The molecular formula is C31H39F3N6O2. The molecule has 0 radical (unpaired) electrons. The topological polar surface area (TPSA) is 112 Å². The van der Waals surface area contributed by atoms with Gasteiger partial charge in [-0.15, -0.1) is 5.10 Å². The first-order valence-corrected chi connectivity index (χ1v) is 14.8. The number of nitrogens with zero attached hydrogens (tertiary/aromatic N) is 3. The number of benzene rings is 1. The molecule has 4 N–H and O–H groups in total. The fourth-order valence-electron chi connectivity index (χ4n) is 6.84. The maximum absolute atomic E-state index is 13.7.